The lowest BCUT2D eigenvalue weighted by molar-refractivity contribution is 0.185. The summed E-state index contributed by atoms with van der Waals surface area (Å²) >= 11 is 0. The lowest BCUT2D eigenvalue weighted by atomic mass is 10.1. The van der Waals surface area contributed by atoms with Gasteiger partial charge in [0.1, 0.15) is 0 Å². The van der Waals surface area contributed by atoms with Gasteiger partial charge in [-0.05, 0) is 11.1 Å². The molecule has 0 aliphatic carbocycles. The summed E-state index contributed by atoms with van der Waals surface area (Å²) in [7, 11) is 1.68. The van der Waals surface area contributed by atoms with Crippen molar-refractivity contribution in [3.63, 3.8) is 0 Å². The van der Waals surface area contributed by atoms with E-state index >= 15 is 0 Å². The Morgan fingerprint density at radius 2 is 2.08 bits per heavy atom. The molecule has 0 saturated carbocycles. The standard InChI is InChI=1S/C9H12N2O/c1-12-7-9-4-2-8(3-5-9)6-11-10/h2-6H,7,10H2,1H3. The van der Waals surface area contributed by atoms with Crippen LogP contribution in [0.15, 0.2) is 29.4 Å². The summed E-state index contributed by atoms with van der Waals surface area (Å²) < 4.78 is 4.97. The van der Waals surface area contributed by atoms with Gasteiger partial charge in [-0.25, -0.2) is 0 Å². The van der Waals surface area contributed by atoms with Gasteiger partial charge in [-0.1, -0.05) is 24.3 Å². The molecule has 0 fully saturated rings. The number of benzene rings is 1. The average Bonchev–Trinajstić information content (AvgIpc) is 2.09. The molecule has 0 bridgehead atoms. The number of nitrogens with two attached hydrogens (primary N) is 1. The second kappa shape index (κ2) is 4.51. The van der Waals surface area contributed by atoms with Gasteiger partial charge in [-0.2, -0.15) is 5.10 Å². The molecule has 0 radical (unpaired) electrons. The van der Waals surface area contributed by atoms with Crippen LogP contribution in [0, 0.1) is 0 Å². The maximum absolute atomic E-state index is 5.00. The van der Waals surface area contributed by atoms with E-state index in [1.165, 1.54) is 0 Å². The summed E-state index contributed by atoms with van der Waals surface area (Å²) in [5, 5.41) is 3.43. The SMILES string of the molecule is COCc1ccc(C=NN)cc1. The van der Waals surface area contributed by atoms with Crippen LogP contribution in [0.5, 0.6) is 0 Å². The minimum atomic E-state index is 0.639. The lowest BCUT2D eigenvalue weighted by Crippen LogP contribution is -1.89. The van der Waals surface area contributed by atoms with Crippen LogP contribution < -0.4 is 5.84 Å². The fraction of sp³-hybridized carbons (Fsp3) is 0.222. The van der Waals surface area contributed by atoms with Crippen molar-refractivity contribution >= 4 is 6.21 Å². The van der Waals surface area contributed by atoms with Gasteiger partial charge in [0, 0.05) is 7.11 Å². The Morgan fingerprint density at radius 3 is 2.58 bits per heavy atom. The first-order valence-corrected chi connectivity index (χ1v) is 3.68. The van der Waals surface area contributed by atoms with Gasteiger partial charge in [-0.3, -0.25) is 0 Å². The van der Waals surface area contributed by atoms with Crippen molar-refractivity contribution in [3.8, 4) is 0 Å². The second-order valence-electron chi connectivity index (χ2n) is 2.45. The average molecular weight is 164 g/mol. The predicted molar refractivity (Wildman–Crippen MR) is 48.9 cm³/mol. The molecule has 2 N–H and O–H groups in total. The molecule has 0 heterocycles. The van der Waals surface area contributed by atoms with E-state index in [-0.39, 0.29) is 0 Å². The quantitative estimate of drug-likeness (QED) is 0.413. The Kier molecular flexibility index (Phi) is 3.29. The number of hydrogen-bond donors (Lipinski definition) is 1. The Balaban J connectivity index is 2.71. The molecule has 0 aliphatic rings. The van der Waals surface area contributed by atoms with Crippen LogP contribution in [-0.2, 0) is 11.3 Å². The molecule has 12 heavy (non-hydrogen) atoms. The van der Waals surface area contributed by atoms with E-state index in [1.54, 1.807) is 13.3 Å². The maximum atomic E-state index is 5.00. The monoisotopic (exact) mass is 164 g/mol. The molecule has 0 atom stereocenters. The number of rotatable bonds is 3. The van der Waals surface area contributed by atoms with Crippen molar-refractivity contribution in [2.75, 3.05) is 7.11 Å². The number of methoxy groups -OCH3 is 1. The van der Waals surface area contributed by atoms with Crippen LogP contribution in [0.1, 0.15) is 11.1 Å². The summed E-state index contributed by atoms with van der Waals surface area (Å²) in [6, 6.07) is 7.87. The fourth-order valence-electron chi connectivity index (χ4n) is 0.953. The van der Waals surface area contributed by atoms with Crippen molar-refractivity contribution in [3.05, 3.63) is 35.4 Å². The normalized spacial score (nSPS) is 10.8. The van der Waals surface area contributed by atoms with E-state index in [0.717, 1.165) is 11.1 Å². The van der Waals surface area contributed by atoms with Crippen LogP contribution >= 0.6 is 0 Å². The molecule has 3 nitrogen and oxygen atoms in total. The zero-order valence-corrected chi connectivity index (χ0v) is 7.03. The van der Waals surface area contributed by atoms with Gasteiger partial charge in [0.05, 0.1) is 12.8 Å². The van der Waals surface area contributed by atoms with Crippen molar-refractivity contribution in [2.45, 2.75) is 6.61 Å². The first kappa shape index (κ1) is 8.74. The molecular weight excluding hydrogens is 152 g/mol. The molecular formula is C9H12N2O. The molecule has 0 unspecified atom stereocenters. The highest BCUT2D eigenvalue weighted by molar-refractivity contribution is 5.79. The smallest absolute Gasteiger partial charge is 0.0713 e. The van der Waals surface area contributed by atoms with Gasteiger partial charge in [0.25, 0.3) is 0 Å². The number of hydrogen-bond acceptors (Lipinski definition) is 3. The summed E-state index contributed by atoms with van der Waals surface area (Å²) in [4.78, 5) is 0. The number of ether oxygens (including phenoxy) is 1. The molecule has 0 amide bonds. The van der Waals surface area contributed by atoms with Gasteiger partial charge < -0.3 is 10.6 Å². The Hall–Kier alpha value is -1.35. The van der Waals surface area contributed by atoms with Gasteiger partial charge >= 0.3 is 0 Å². The minimum absolute atomic E-state index is 0.639. The minimum Gasteiger partial charge on any atom is -0.380 e. The number of nitrogens with zero attached hydrogens (tertiary/aromatic N) is 1. The van der Waals surface area contributed by atoms with Gasteiger partial charge in [0.15, 0.2) is 0 Å². The molecule has 0 spiro atoms. The van der Waals surface area contributed by atoms with Gasteiger partial charge in [0.2, 0.25) is 0 Å². The highest BCUT2D eigenvalue weighted by Crippen LogP contribution is 2.03. The molecule has 0 aliphatic heterocycles. The Morgan fingerprint density at radius 1 is 1.42 bits per heavy atom. The molecule has 0 saturated heterocycles. The van der Waals surface area contributed by atoms with Crippen LogP contribution in [0.4, 0.5) is 0 Å². The third kappa shape index (κ3) is 2.36. The number of hydrazone groups is 1. The van der Waals surface area contributed by atoms with Crippen LogP contribution in [-0.4, -0.2) is 13.3 Å². The molecule has 1 aromatic rings. The Bertz CT molecular complexity index is 254. The predicted octanol–water partition coefficient (Wildman–Crippen LogP) is 1.13. The summed E-state index contributed by atoms with van der Waals surface area (Å²) in [5.74, 6) is 5.00. The van der Waals surface area contributed by atoms with E-state index in [2.05, 4.69) is 5.10 Å². The molecule has 1 rings (SSSR count). The van der Waals surface area contributed by atoms with Gasteiger partial charge in [-0.15, -0.1) is 0 Å². The van der Waals surface area contributed by atoms with E-state index in [4.69, 9.17) is 10.6 Å². The summed E-state index contributed by atoms with van der Waals surface area (Å²) in [5.41, 5.74) is 2.14. The molecule has 64 valence electrons. The maximum Gasteiger partial charge on any atom is 0.0713 e. The van der Waals surface area contributed by atoms with E-state index in [1.807, 2.05) is 24.3 Å². The van der Waals surface area contributed by atoms with E-state index in [0.29, 0.717) is 6.61 Å². The zero-order valence-electron chi connectivity index (χ0n) is 7.03. The van der Waals surface area contributed by atoms with Crippen LogP contribution in [0.25, 0.3) is 0 Å². The third-order valence-corrected chi connectivity index (χ3v) is 1.51. The summed E-state index contributed by atoms with van der Waals surface area (Å²) in [6.45, 7) is 0.639. The van der Waals surface area contributed by atoms with Crippen LogP contribution in [0.2, 0.25) is 0 Å². The highest BCUT2D eigenvalue weighted by Gasteiger charge is 1.90. The first-order chi connectivity index (χ1) is 5.86. The van der Waals surface area contributed by atoms with Crippen molar-refractivity contribution in [1.29, 1.82) is 0 Å². The van der Waals surface area contributed by atoms with Crippen LogP contribution in [0.3, 0.4) is 0 Å². The Labute approximate surface area is 71.8 Å². The summed E-state index contributed by atoms with van der Waals surface area (Å²) in [6.07, 6.45) is 1.61. The largest absolute Gasteiger partial charge is 0.380 e. The lowest BCUT2D eigenvalue weighted by Gasteiger charge is -1.98. The molecule has 0 aromatic heterocycles. The molecule has 1 aromatic carbocycles. The molecule has 3 heteroatoms. The third-order valence-electron chi connectivity index (χ3n) is 1.51. The topological polar surface area (TPSA) is 47.6 Å². The van der Waals surface area contributed by atoms with E-state index in [9.17, 15) is 0 Å². The van der Waals surface area contributed by atoms with Crippen molar-refractivity contribution in [1.82, 2.24) is 0 Å². The van der Waals surface area contributed by atoms with Crippen molar-refractivity contribution < 1.29 is 4.74 Å². The highest BCUT2D eigenvalue weighted by atomic mass is 16.5. The zero-order chi connectivity index (χ0) is 8.81. The second-order valence-corrected chi connectivity index (χ2v) is 2.45. The van der Waals surface area contributed by atoms with E-state index < -0.39 is 0 Å². The first-order valence-electron chi connectivity index (χ1n) is 3.68. The van der Waals surface area contributed by atoms with Crippen molar-refractivity contribution in [2.24, 2.45) is 10.9 Å². The fourth-order valence-corrected chi connectivity index (χ4v) is 0.953.